The van der Waals surface area contributed by atoms with Gasteiger partial charge in [-0.15, -0.1) is 0 Å². The van der Waals surface area contributed by atoms with Crippen LogP contribution in [0.3, 0.4) is 0 Å². The summed E-state index contributed by atoms with van der Waals surface area (Å²) in [6, 6.07) is 18.6. The number of carbonyl (C=O) groups is 1. The molecule has 2 aromatic rings. The van der Waals surface area contributed by atoms with Crippen molar-refractivity contribution in [3.05, 3.63) is 94.7 Å². The van der Waals surface area contributed by atoms with Gasteiger partial charge >= 0.3 is 0 Å². The number of carbonyl (C=O) groups excluding carboxylic acids is 1. The maximum atomic E-state index is 13.6. The number of halogens is 2. The average Bonchev–Trinajstić information content (AvgIpc) is 3.32. The molecule has 1 saturated carbocycles. The Morgan fingerprint density at radius 2 is 1.85 bits per heavy atom. The highest BCUT2D eigenvalue weighted by molar-refractivity contribution is 6.30. The molecule has 2 aromatic carbocycles. The molecule has 176 valence electrons. The zero-order valence-corrected chi connectivity index (χ0v) is 20.7. The highest BCUT2D eigenvalue weighted by Gasteiger charge is 2.60. The van der Waals surface area contributed by atoms with Crippen LogP contribution >= 0.6 is 11.6 Å². The molecule has 4 unspecified atom stereocenters. The van der Waals surface area contributed by atoms with Crippen LogP contribution in [0.2, 0.25) is 0 Å². The number of hydrogen-bond acceptors (Lipinski definition) is 2. The van der Waals surface area contributed by atoms with Gasteiger partial charge in [0.1, 0.15) is 12.0 Å². The van der Waals surface area contributed by atoms with Crippen LogP contribution in [0.15, 0.2) is 78.0 Å². The Balaban J connectivity index is 1.81. The second-order valence-electron chi connectivity index (χ2n) is 9.52. The molecule has 0 radical (unpaired) electrons. The number of benzene rings is 2. The summed E-state index contributed by atoms with van der Waals surface area (Å²) < 4.78 is 19.3. The first kappa shape index (κ1) is 25.2. The molecule has 1 aliphatic carbocycles. The highest BCUT2D eigenvalue weighted by atomic mass is 35.5. The fourth-order valence-corrected chi connectivity index (χ4v) is 4.83. The van der Waals surface area contributed by atoms with Gasteiger partial charge in [-0.2, -0.15) is 0 Å². The lowest BCUT2D eigenvalue weighted by Crippen LogP contribution is -2.15. The Kier molecular flexibility index (Phi) is 8.18. The van der Waals surface area contributed by atoms with Crippen molar-refractivity contribution in [3.63, 3.8) is 0 Å². The summed E-state index contributed by atoms with van der Waals surface area (Å²) in [4.78, 5) is 13.4. The number of Topliss-reactive ketones (excluding diaryl/α,β-unsaturated/α-hetero) is 1. The smallest absolute Gasteiger partial charge is 0.138 e. The number of hydrogen-bond donors (Lipinski definition) is 0. The molecule has 0 N–H and O–H groups in total. The lowest BCUT2D eigenvalue weighted by Gasteiger charge is -2.21. The SMILES string of the molecule is C=C(OCC)C(CC(=O)C1C(/C=C(\Cl)C(C)F)C1(C)C)c1cccc(Cc2ccccc2)c1. The van der Waals surface area contributed by atoms with E-state index < -0.39 is 6.17 Å². The van der Waals surface area contributed by atoms with Crippen LogP contribution in [0.5, 0.6) is 0 Å². The molecule has 0 heterocycles. The quantitative estimate of drug-likeness (QED) is 0.317. The summed E-state index contributed by atoms with van der Waals surface area (Å²) in [7, 11) is 0. The third-order valence-corrected chi connectivity index (χ3v) is 7.13. The number of ketones is 1. The van der Waals surface area contributed by atoms with E-state index in [4.69, 9.17) is 16.3 Å². The number of rotatable bonds is 11. The van der Waals surface area contributed by atoms with Crippen molar-refractivity contribution < 1.29 is 13.9 Å². The predicted molar refractivity (Wildman–Crippen MR) is 134 cm³/mol. The van der Waals surface area contributed by atoms with Gasteiger partial charge in [0, 0.05) is 23.3 Å². The van der Waals surface area contributed by atoms with Gasteiger partial charge in [-0.1, -0.05) is 92.7 Å². The monoisotopic (exact) mass is 468 g/mol. The summed E-state index contributed by atoms with van der Waals surface area (Å²) in [5.74, 6) is 0.264. The maximum absolute atomic E-state index is 13.6. The van der Waals surface area contributed by atoms with Gasteiger partial charge in [-0.3, -0.25) is 4.79 Å². The molecular weight excluding hydrogens is 435 g/mol. The lowest BCUT2D eigenvalue weighted by atomic mass is 9.88. The zero-order chi connectivity index (χ0) is 24.2. The van der Waals surface area contributed by atoms with E-state index in [0.717, 1.165) is 12.0 Å². The second-order valence-corrected chi connectivity index (χ2v) is 9.96. The van der Waals surface area contributed by atoms with Crippen LogP contribution in [0.1, 0.15) is 56.7 Å². The Hall–Kier alpha value is -2.39. The highest BCUT2D eigenvalue weighted by Crippen LogP contribution is 2.61. The van der Waals surface area contributed by atoms with Crippen LogP contribution < -0.4 is 0 Å². The van der Waals surface area contributed by atoms with Gasteiger partial charge in [0.2, 0.25) is 0 Å². The van der Waals surface area contributed by atoms with E-state index in [9.17, 15) is 9.18 Å². The number of allylic oxidation sites excluding steroid dienone is 3. The van der Waals surface area contributed by atoms with Crippen molar-refractivity contribution >= 4 is 17.4 Å². The van der Waals surface area contributed by atoms with Gasteiger partial charge in [0.05, 0.1) is 12.4 Å². The molecule has 2 nitrogen and oxygen atoms in total. The third kappa shape index (κ3) is 6.14. The Morgan fingerprint density at radius 3 is 2.48 bits per heavy atom. The first-order valence-electron chi connectivity index (χ1n) is 11.6. The van der Waals surface area contributed by atoms with E-state index in [1.807, 2.05) is 51.1 Å². The second kappa shape index (κ2) is 10.7. The number of ether oxygens (including phenoxy) is 1. The molecule has 1 aliphatic rings. The van der Waals surface area contributed by atoms with Crippen molar-refractivity contribution in [1.29, 1.82) is 0 Å². The van der Waals surface area contributed by atoms with E-state index in [1.54, 1.807) is 6.08 Å². The van der Waals surface area contributed by atoms with Crippen LogP contribution in [0.4, 0.5) is 4.39 Å². The minimum atomic E-state index is -1.23. The summed E-state index contributed by atoms with van der Waals surface area (Å²) in [5.41, 5.74) is 3.20. The van der Waals surface area contributed by atoms with Crippen molar-refractivity contribution in [2.24, 2.45) is 17.3 Å². The molecule has 4 atom stereocenters. The van der Waals surface area contributed by atoms with Crippen molar-refractivity contribution in [2.75, 3.05) is 6.61 Å². The topological polar surface area (TPSA) is 26.3 Å². The molecule has 0 aliphatic heterocycles. The largest absolute Gasteiger partial charge is 0.498 e. The molecule has 3 rings (SSSR count). The molecule has 1 fully saturated rings. The summed E-state index contributed by atoms with van der Waals surface area (Å²) >= 11 is 6.07. The third-order valence-electron chi connectivity index (χ3n) is 6.70. The first-order valence-corrected chi connectivity index (χ1v) is 12.0. The minimum absolute atomic E-state index is 0.0545. The number of alkyl halides is 1. The molecule has 0 amide bonds. The predicted octanol–water partition coefficient (Wildman–Crippen LogP) is 7.62. The van der Waals surface area contributed by atoms with E-state index in [-0.39, 0.29) is 34.0 Å². The van der Waals surface area contributed by atoms with Gasteiger partial charge < -0.3 is 4.74 Å². The molecular formula is C29H34ClFO2. The maximum Gasteiger partial charge on any atom is 0.138 e. The Labute approximate surface area is 202 Å². The average molecular weight is 469 g/mol. The summed E-state index contributed by atoms with van der Waals surface area (Å²) in [6.45, 7) is 12.0. The van der Waals surface area contributed by atoms with E-state index in [1.165, 1.54) is 18.1 Å². The van der Waals surface area contributed by atoms with Crippen LogP contribution in [0.25, 0.3) is 0 Å². The first-order chi connectivity index (χ1) is 15.6. The van der Waals surface area contributed by atoms with Crippen molar-refractivity contribution in [1.82, 2.24) is 0 Å². The van der Waals surface area contributed by atoms with Crippen LogP contribution in [-0.2, 0) is 16.0 Å². The van der Waals surface area contributed by atoms with E-state index >= 15 is 0 Å². The van der Waals surface area contributed by atoms with Crippen LogP contribution in [-0.4, -0.2) is 18.6 Å². The molecule has 0 aromatic heterocycles. The fourth-order valence-electron chi connectivity index (χ4n) is 4.69. The standard InChI is InChI=1S/C29H34ClFO2/c1-6-33-20(3)24(17-27(32)28-25(29(28,4)5)18-26(30)19(2)31)23-14-10-13-22(16-23)15-21-11-8-7-9-12-21/h7-14,16,18-19,24-25,28H,3,6,15,17H2,1-2,4-5H3/b26-18-. The van der Waals surface area contributed by atoms with E-state index in [0.29, 0.717) is 18.8 Å². The molecule has 4 heteroatoms. The van der Waals surface area contributed by atoms with Gasteiger partial charge in [-0.05, 0) is 48.3 Å². The van der Waals surface area contributed by atoms with Gasteiger partial charge in [0.15, 0.2) is 0 Å². The Bertz CT molecular complexity index is 1010. The Morgan fingerprint density at radius 1 is 1.18 bits per heavy atom. The zero-order valence-electron chi connectivity index (χ0n) is 20.0. The summed E-state index contributed by atoms with van der Waals surface area (Å²) in [5, 5.41) is 0.173. The molecule has 0 spiro atoms. The van der Waals surface area contributed by atoms with Crippen molar-refractivity contribution in [2.45, 2.75) is 52.6 Å². The van der Waals surface area contributed by atoms with E-state index in [2.05, 4.69) is 30.8 Å². The van der Waals surface area contributed by atoms with Gasteiger partial charge in [0.25, 0.3) is 0 Å². The molecule has 0 bridgehead atoms. The van der Waals surface area contributed by atoms with Gasteiger partial charge in [-0.25, -0.2) is 4.39 Å². The van der Waals surface area contributed by atoms with Crippen molar-refractivity contribution in [3.8, 4) is 0 Å². The lowest BCUT2D eigenvalue weighted by molar-refractivity contribution is -0.121. The normalized spacial score (nSPS) is 21.2. The molecule has 0 saturated heterocycles. The van der Waals surface area contributed by atoms with Crippen LogP contribution in [0, 0.1) is 17.3 Å². The summed E-state index contributed by atoms with van der Waals surface area (Å²) in [6.07, 6.45) is 1.62. The fraction of sp³-hybridized carbons (Fsp3) is 0.414. The molecule has 33 heavy (non-hydrogen) atoms. The minimum Gasteiger partial charge on any atom is -0.498 e.